The van der Waals surface area contributed by atoms with Crippen LogP contribution in [0.2, 0.25) is 0 Å². The molecule has 0 saturated heterocycles. The molecular weight excluding hydrogens is 190 g/mol. The van der Waals surface area contributed by atoms with Gasteiger partial charge < -0.3 is 10.1 Å². The summed E-state index contributed by atoms with van der Waals surface area (Å²) in [5, 5.41) is 2.96. The highest BCUT2D eigenvalue weighted by Crippen LogP contribution is 2.24. The first-order valence-corrected chi connectivity index (χ1v) is 5.26. The molecule has 0 bridgehead atoms. The van der Waals surface area contributed by atoms with Crippen LogP contribution >= 0.6 is 0 Å². The Balaban J connectivity index is 2.18. The Hall–Kier alpha value is -1.35. The third-order valence-electron chi connectivity index (χ3n) is 2.63. The highest BCUT2D eigenvalue weighted by molar-refractivity contribution is 5.76. The van der Waals surface area contributed by atoms with Crippen molar-refractivity contribution < 1.29 is 9.53 Å². The van der Waals surface area contributed by atoms with Crippen LogP contribution in [0.15, 0.2) is 24.3 Å². The van der Waals surface area contributed by atoms with E-state index in [0.717, 1.165) is 0 Å². The van der Waals surface area contributed by atoms with Gasteiger partial charge in [0.2, 0.25) is 5.91 Å². The fraction of sp³-hybridized carbons (Fsp3) is 0.417. The molecule has 3 nitrogen and oxygen atoms in total. The van der Waals surface area contributed by atoms with Crippen molar-refractivity contribution in [1.82, 2.24) is 5.32 Å². The van der Waals surface area contributed by atoms with Crippen molar-refractivity contribution in [2.24, 2.45) is 0 Å². The number of nitrogens with one attached hydrogen (secondary N) is 1. The van der Waals surface area contributed by atoms with E-state index in [1.165, 1.54) is 11.1 Å². The van der Waals surface area contributed by atoms with E-state index in [2.05, 4.69) is 11.4 Å². The van der Waals surface area contributed by atoms with Crippen molar-refractivity contribution in [2.45, 2.75) is 26.0 Å². The first-order valence-electron chi connectivity index (χ1n) is 5.26. The second-order valence-corrected chi connectivity index (χ2v) is 3.69. The lowest BCUT2D eigenvalue weighted by molar-refractivity contribution is -0.122. The molecule has 15 heavy (non-hydrogen) atoms. The van der Waals surface area contributed by atoms with Gasteiger partial charge in [0.1, 0.15) is 0 Å². The summed E-state index contributed by atoms with van der Waals surface area (Å²) >= 11 is 0. The molecule has 3 heteroatoms. The normalized spacial score (nSPS) is 19.4. The maximum atomic E-state index is 11.3. The van der Waals surface area contributed by atoms with E-state index in [1.807, 2.05) is 25.1 Å². The van der Waals surface area contributed by atoms with Crippen molar-refractivity contribution in [1.29, 1.82) is 0 Å². The topological polar surface area (TPSA) is 38.3 Å². The average molecular weight is 205 g/mol. The zero-order chi connectivity index (χ0) is 10.7. The van der Waals surface area contributed by atoms with Crippen LogP contribution in [0.25, 0.3) is 0 Å². The van der Waals surface area contributed by atoms with Gasteiger partial charge in [-0.15, -0.1) is 0 Å². The van der Waals surface area contributed by atoms with Gasteiger partial charge in [-0.3, -0.25) is 4.79 Å². The second kappa shape index (κ2) is 4.45. The summed E-state index contributed by atoms with van der Waals surface area (Å²) in [6.45, 7) is 3.07. The second-order valence-electron chi connectivity index (χ2n) is 3.69. The number of ether oxygens (including phenoxy) is 1. The van der Waals surface area contributed by atoms with E-state index >= 15 is 0 Å². The molecular formula is C12H15NO2. The molecule has 1 aliphatic heterocycles. The smallest absolute Gasteiger partial charge is 0.220 e. The molecule has 1 N–H and O–H groups in total. The van der Waals surface area contributed by atoms with E-state index in [-0.39, 0.29) is 11.9 Å². The third-order valence-corrected chi connectivity index (χ3v) is 2.63. The zero-order valence-corrected chi connectivity index (χ0v) is 8.82. The van der Waals surface area contributed by atoms with Gasteiger partial charge in [-0.05, 0) is 11.1 Å². The lowest BCUT2D eigenvalue weighted by Gasteiger charge is -2.26. The Kier molecular flexibility index (Phi) is 3.02. The maximum Gasteiger partial charge on any atom is 0.220 e. The molecule has 1 aromatic carbocycles. The molecule has 0 aromatic heterocycles. The number of benzene rings is 1. The molecule has 0 saturated carbocycles. The van der Waals surface area contributed by atoms with Crippen LogP contribution in [-0.2, 0) is 16.1 Å². The summed E-state index contributed by atoms with van der Waals surface area (Å²) in [7, 11) is 0. The molecule has 1 atom stereocenters. The largest absolute Gasteiger partial charge is 0.374 e. The maximum absolute atomic E-state index is 11.3. The van der Waals surface area contributed by atoms with Gasteiger partial charge in [0, 0.05) is 6.42 Å². The molecule has 1 aromatic rings. The van der Waals surface area contributed by atoms with Gasteiger partial charge in [-0.2, -0.15) is 0 Å². The Morgan fingerprint density at radius 1 is 1.53 bits per heavy atom. The highest BCUT2D eigenvalue weighted by atomic mass is 16.5. The number of rotatable bonds is 2. The molecule has 0 aliphatic carbocycles. The summed E-state index contributed by atoms with van der Waals surface area (Å²) < 4.78 is 5.44. The molecule has 1 aliphatic rings. The van der Waals surface area contributed by atoms with Gasteiger partial charge in [0.05, 0.1) is 19.3 Å². The van der Waals surface area contributed by atoms with Crippen LogP contribution in [0, 0.1) is 0 Å². The number of carbonyl (C=O) groups is 1. The van der Waals surface area contributed by atoms with Gasteiger partial charge in [0.25, 0.3) is 0 Å². The predicted molar refractivity (Wildman–Crippen MR) is 57.3 cm³/mol. The monoisotopic (exact) mass is 205 g/mol. The molecule has 0 radical (unpaired) electrons. The first kappa shape index (κ1) is 10.2. The minimum atomic E-state index is 0.0161. The molecule has 1 amide bonds. The van der Waals surface area contributed by atoms with Crippen LogP contribution in [-0.4, -0.2) is 12.5 Å². The van der Waals surface area contributed by atoms with Gasteiger partial charge in [0.15, 0.2) is 0 Å². The fourth-order valence-electron chi connectivity index (χ4n) is 1.80. The molecule has 1 unspecified atom stereocenters. The minimum Gasteiger partial charge on any atom is -0.374 e. The van der Waals surface area contributed by atoms with Crippen LogP contribution in [0.1, 0.15) is 30.5 Å². The molecule has 1 heterocycles. The quantitative estimate of drug-likeness (QED) is 0.799. The average Bonchev–Trinajstić information content (AvgIpc) is 2.29. The van der Waals surface area contributed by atoms with Gasteiger partial charge >= 0.3 is 0 Å². The van der Waals surface area contributed by atoms with Crippen molar-refractivity contribution in [3.8, 4) is 0 Å². The van der Waals surface area contributed by atoms with E-state index in [4.69, 9.17) is 4.74 Å². The van der Waals surface area contributed by atoms with E-state index in [0.29, 0.717) is 19.6 Å². The summed E-state index contributed by atoms with van der Waals surface area (Å²) in [4.78, 5) is 11.3. The Bertz CT molecular complexity index is 362. The zero-order valence-electron chi connectivity index (χ0n) is 8.82. The lowest BCUT2D eigenvalue weighted by atomic mass is 9.99. The van der Waals surface area contributed by atoms with Gasteiger partial charge in [-0.1, -0.05) is 31.2 Å². The van der Waals surface area contributed by atoms with Crippen LogP contribution in [0.5, 0.6) is 0 Å². The SMILES string of the molecule is CCC(=O)NC1COCc2ccccc21. The van der Waals surface area contributed by atoms with E-state index in [9.17, 15) is 4.79 Å². The van der Waals surface area contributed by atoms with Crippen molar-refractivity contribution >= 4 is 5.91 Å². The summed E-state index contributed by atoms with van der Waals surface area (Å²) in [5.41, 5.74) is 2.36. The Morgan fingerprint density at radius 2 is 2.33 bits per heavy atom. The number of carbonyl (C=O) groups excluding carboxylic acids is 1. The van der Waals surface area contributed by atoms with Crippen molar-refractivity contribution in [2.75, 3.05) is 6.61 Å². The number of fused-ring (bicyclic) bond motifs is 1. The van der Waals surface area contributed by atoms with E-state index < -0.39 is 0 Å². The van der Waals surface area contributed by atoms with Crippen LogP contribution < -0.4 is 5.32 Å². The lowest BCUT2D eigenvalue weighted by Crippen LogP contribution is -2.33. The summed E-state index contributed by atoms with van der Waals surface area (Å²) in [6.07, 6.45) is 0.513. The third kappa shape index (κ3) is 2.18. The molecule has 0 spiro atoms. The van der Waals surface area contributed by atoms with Crippen LogP contribution in [0.4, 0.5) is 0 Å². The van der Waals surface area contributed by atoms with E-state index in [1.54, 1.807) is 0 Å². The fourth-order valence-corrected chi connectivity index (χ4v) is 1.80. The first-order chi connectivity index (χ1) is 7.31. The van der Waals surface area contributed by atoms with Crippen molar-refractivity contribution in [3.63, 3.8) is 0 Å². The van der Waals surface area contributed by atoms with Crippen molar-refractivity contribution in [3.05, 3.63) is 35.4 Å². The summed E-state index contributed by atoms with van der Waals surface area (Å²) in [6, 6.07) is 8.10. The number of hydrogen-bond donors (Lipinski definition) is 1. The Labute approximate surface area is 89.4 Å². The van der Waals surface area contributed by atoms with Gasteiger partial charge in [-0.25, -0.2) is 0 Å². The highest BCUT2D eigenvalue weighted by Gasteiger charge is 2.20. The molecule has 2 rings (SSSR count). The number of hydrogen-bond acceptors (Lipinski definition) is 2. The Morgan fingerprint density at radius 3 is 3.13 bits per heavy atom. The summed E-state index contributed by atoms with van der Waals surface area (Å²) in [5.74, 6) is 0.0697. The van der Waals surface area contributed by atoms with Crippen LogP contribution in [0.3, 0.4) is 0 Å². The number of amides is 1. The minimum absolute atomic E-state index is 0.0161. The standard InChI is InChI=1S/C12H15NO2/c1-2-12(14)13-11-8-15-7-9-5-3-4-6-10(9)11/h3-6,11H,2,7-8H2,1H3,(H,13,14). The molecule has 80 valence electrons. The molecule has 0 fully saturated rings. The predicted octanol–water partition coefficient (Wildman–Crippen LogP) is 1.78.